The highest BCUT2D eigenvalue weighted by molar-refractivity contribution is 7.80. The van der Waals surface area contributed by atoms with Crippen molar-refractivity contribution in [3.05, 3.63) is 40.4 Å². The smallest absolute Gasteiger partial charge is 0.243 e. The van der Waals surface area contributed by atoms with Crippen LogP contribution in [0.25, 0.3) is 0 Å². The number of thiocarbonyl (C=S) groups is 1. The molecule has 2 aromatic rings. The van der Waals surface area contributed by atoms with Crippen molar-refractivity contribution < 1.29 is 9.18 Å². The molecule has 1 aromatic heterocycles. The lowest BCUT2D eigenvalue weighted by Gasteiger charge is -2.11. The highest BCUT2D eigenvalue weighted by Crippen LogP contribution is 2.19. The molecule has 0 aliphatic rings. The minimum Gasteiger partial charge on any atom is -0.353 e. The lowest BCUT2D eigenvalue weighted by atomic mass is 10.3. The van der Waals surface area contributed by atoms with Crippen LogP contribution in [0.4, 0.5) is 15.8 Å². The zero-order chi connectivity index (χ0) is 17.9. The van der Waals surface area contributed by atoms with Crippen molar-refractivity contribution in [3.8, 4) is 0 Å². The number of aryl methyl sites for hydroxylation is 2. The molecule has 6 nitrogen and oxygen atoms in total. The summed E-state index contributed by atoms with van der Waals surface area (Å²) < 4.78 is 14.8. The number of nitrogens with zero attached hydrogens (tertiary/aromatic N) is 2. The van der Waals surface area contributed by atoms with Gasteiger partial charge in [0.25, 0.3) is 0 Å². The van der Waals surface area contributed by atoms with Crippen LogP contribution in [0.1, 0.15) is 11.4 Å². The Labute approximate surface area is 149 Å². The van der Waals surface area contributed by atoms with E-state index in [-0.39, 0.29) is 22.6 Å². The van der Waals surface area contributed by atoms with Gasteiger partial charge < -0.3 is 16.0 Å². The van der Waals surface area contributed by atoms with Gasteiger partial charge in [-0.2, -0.15) is 5.10 Å². The summed E-state index contributed by atoms with van der Waals surface area (Å²) in [6.07, 6.45) is 0. The number of nitrogens with one attached hydrogen (secondary N) is 3. The molecule has 0 unspecified atom stereocenters. The molecule has 0 spiro atoms. The first-order chi connectivity index (χ1) is 11.3. The fourth-order valence-corrected chi connectivity index (χ4v) is 2.42. The number of benzene rings is 1. The topological polar surface area (TPSA) is 71.0 Å². The van der Waals surface area contributed by atoms with Gasteiger partial charge in [-0.25, -0.2) is 4.39 Å². The Kier molecular flexibility index (Phi) is 5.74. The number of halogens is 2. The zero-order valence-corrected chi connectivity index (χ0v) is 15.0. The fourth-order valence-electron chi connectivity index (χ4n) is 2.05. The quantitative estimate of drug-likeness (QED) is 0.723. The highest BCUT2D eigenvalue weighted by Gasteiger charge is 2.12. The molecule has 128 valence electrons. The number of anilines is 2. The Morgan fingerprint density at radius 3 is 2.67 bits per heavy atom. The van der Waals surface area contributed by atoms with Gasteiger partial charge in [0.1, 0.15) is 5.82 Å². The average Bonchev–Trinajstić information content (AvgIpc) is 2.75. The molecule has 9 heteroatoms. The van der Waals surface area contributed by atoms with Crippen molar-refractivity contribution in [1.82, 2.24) is 15.1 Å². The molecule has 1 aromatic carbocycles. The largest absolute Gasteiger partial charge is 0.353 e. The van der Waals surface area contributed by atoms with Crippen LogP contribution in [0, 0.1) is 19.7 Å². The molecule has 0 bridgehead atoms. The predicted octanol–water partition coefficient (Wildman–Crippen LogP) is 2.75. The number of hydrogen-bond acceptors (Lipinski definition) is 3. The van der Waals surface area contributed by atoms with E-state index in [1.807, 2.05) is 20.9 Å². The van der Waals surface area contributed by atoms with Crippen LogP contribution in [0.5, 0.6) is 0 Å². The summed E-state index contributed by atoms with van der Waals surface area (Å²) >= 11 is 10.8. The number of aromatic nitrogens is 2. The second-order valence-electron chi connectivity index (χ2n) is 5.15. The third kappa shape index (κ3) is 4.42. The summed E-state index contributed by atoms with van der Waals surface area (Å²) in [7, 11) is 1.81. The number of amides is 1. The second-order valence-corrected chi connectivity index (χ2v) is 5.97. The zero-order valence-electron chi connectivity index (χ0n) is 13.4. The molecule has 0 fully saturated rings. The van der Waals surface area contributed by atoms with Gasteiger partial charge in [0, 0.05) is 12.7 Å². The van der Waals surface area contributed by atoms with Crippen LogP contribution in [0.3, 0.4) is 0 Å². The third-order valence-corrected chi connectivity index (χ3v) is 3.90. The number of carbonyl (C=O) groups is 1. The number of rotatable bonds is 4. The normalized spacial score (nSPS) is 10.4. The Balaban J connectivity index is 1.87. The van der Waals surface area contributed by atoms with E-state index in [2.05, 4.69) is 21.0 Å². The summed E-state index contributed by atoms with van der Waals surface area (Å²) in [6, 6.07) is 4.14. The molecular weight excluding hydrogens is 353 g/mol. The van der Waals surface area contributed by atoms with Crippen molar-refractivity contribution in [2.45, 2.75) is 13.8 Å². The average molecular weight is 370 g/mol. The molecule has 0 radical (unpaired) electrons. The molecule has 24 heavy (non-hydrogen) atoms. The van der Waals surface area contributed by atoms with Crippen LogP contribution in [-0.4, -0.2) is 27.3 Å². The molecule has 0 saturated heterocycles. The van der Waals surface area contributed by atoms with E-state index >= 15 is 0 Å². The first kappa shape index (κ1) is 18.2. The summed E-state index contributed by atoms with van der Waals surface area (Å²) in [6.45, 7) is 3.67. The number of hydrogen-bond donors (Lipinski definition) is 3. The Morgan fingerprint density at radius 1 is 1.38 bits per heavy atom. The van der Waals surface area contributed by atoms with E-state index in [4.69, 9.17) is 23.8 Å². The van der Waals surface area contributed by atoms with Gasteiger partial charge in [0.2, 0.25) is 5.91 Å². The first-order valence-corrected chi connectivity index (χ1v) is 7.86. The van der Waals surface area contributed by atoms with Crippen molar-refractivity contribution >= 4 is 46.2 Å². The van der Waals surface area contributed by atoms with Crippen LogP contribution < -0.4 is 16.0 Å². The molecular formula is C15H17ClFN5OS. The van der Waals surface area contributed by atoms with E-state index < -0.39 is 5.82 Å². The second kappa shape index (κ2) is 7.59. The van der Waals surface area contributed by atoms with Crippen LogP contribution >= 0.6 is 23.8 Å². The van der Waals surface area contributed by atoms with Crippen molar-refractivity contribution in [1.29, 1.82) is 0 Å². The summed E-state index contributed by atoms with van der Waals surface area (Å²) in [5.74, 6) is -0.766. The van der Waals surface area contributed by atoms with Gasteiger partial charge in [-0.3, -0.25) is 9.48 Å². The Hall–Kier alpha value is -2.19. The predicted molar refractivity (Wildman–Crippen MR) is 96.9 cm³/mol. The van der Waals surface area contributed by atoms with Gasteiger partial charge in [-0.05, 0) is 44.3 Å². The SMILES string of the molecule is Cc1nn(C)c(C)c1NC(=O)CNC(=S)Nc1ccc(F)c(Cl)c1. The summed E-state index contributed by atoms with van der Waals surface area (Å²) in [5, 5.41) is 12.8. The summed E-state index contributed by atoms with van der Waals surface area (Å²) in [5.41, 5.74) is 2.82. The highest BCUT2D eigenvalue weighted by atomic mass is 35.5. The summed E-state index contributed by atoms with van der Waals surface area (Å²) in [4.78, 5) is 12.0. The molecule has 1 heterocycles. The monoisotopic (exact) mass is 369 g/mol. The van der Waals surface area contributed by atoms with Crippen molar-refractivity contribution in [2.75, 3.05) is 17.2 Å². The fraction of sp³-hybridized carbons (Fsp3) is 0.267. The van der Waals surface area contributed by atoms with Crippen LogP contribution in [0.2, 0.25) is 5.02 Å². The van der Waals surface area contributed by atoms with E-state index in [0.29, 0.717) is 11.4 Å². The van der Waals surface area contributed by atoms with Gasteiger partial charge in [0.05, 0.1) is 28.6 Å². The lowest BCUT2D eigenvalue weighted by Crippen LogP contribution is -2.35. The maximum Gasteiger partial charge on any atom is 0.243 e. The lowest BCUT2D eigenvalue weighted by molar-refractivity contribution is -0.115. The van der Waals surface area contributed by atoms with E-state index in [0.717, 1.165) is 11.4 Å². The first-order valence-electron chi connectivity index (χ1n) is 7.08. The molecule has 0 aliphatic carbocycles. The molecule has 3 N–H and O–H groups in total. The number of carbonyl (C=O) groups excluding carboxylic acids is 1. The van der Waals surface area contributed by atoms with Gasteiger partial charge in [0.15, 0.2) is 5.11 Å². The van der Waals surface area contributed by atoms with E-state index in [9.17, 15) is 9.18 Å². The van der Waals surface area contributed by atoms with Gasteiger partial charge >= 0.3 is 0 Å². The minimum atomic E-state index is -0.511. The molecule has 0 aliphatic heterocycles. The molecule has 2 rings (SSSR count). The van der Waals surface area contributed by atoms with Gasteiger partial charge in [-0.1, -0.05) is 11.6 Å². The van der Waals surface area contributed by atoms with Crippen LogP contribution in [-0.2, 0) is 11.8 Å². The maximum absolute atomic E-state index is 13.1. The third-order valence-electron chi connectivity index (χ3n) is 3.36. The molecule has 0 saturated carbocycles. The van der Waals surface area contributed by atoms with E-state index in [1.54, 1.807) is 4.68 Å². The minimum absolute atomic E-state index is 0.0110. The van der Waals surface area contributed by atoms with Crippen molar-refractivity contribution in [3.63, 3.8) is 0 Å². The Morgan fingerprint density at radius 2 is 2.08 bits per heavy atom. The molecule has 0 atom stereocenters. The van der Waals surface area contributed by atoms with Crippen molar-refractivity contribution in [2.24, 2.45) is 7.05 Å². The molecule has 1 amide bonds. The van der Waals surface area contributed by atoms with Gasteiger partial charge in [-0.15, -0.1) is 0 Å². The maximum atomic E-state index is 13.1. The standard InChI is InChI=1S/C15H17ClFN5OS/c1-8-14(9(2)22(3)21-8)20-13(23)7-18-15(24)19-10-4-5-12(17)11(16)6-10/h4-6H,7H2,1-3H3,(H,20,23)(H2,18,19,24). The Bertz CT molecular complexity index is 792. The van der Waals surface area contributed by atoms with E-state index in [1.165, 1.54) is 18.2 Å². The van der Waals surface area contributed by atoms with Crippen LogP contribution in [0.15, 0.2) is 18.2 Å².